The summed E-state index contributed by atoms with van der Waals surface area (Å²) in [5.41, 5.74) is -1.19. The summed E-state index contributed by atoms with van der Waals surface area (Å²) in [4.78, 5) is 0. The maximum atomic E-state index is 12.8. The number of rotatable bonds is 4. The highest BCUT2D eigenvalue weighted by Crippen LogP contribution is 2.32. The van der Waals surface area contributed by atoms with Gasteiger partial charge in [-0.05, 0) is 24.6 Å². The smallest absolute Gasteiger partial charge is 0.385 e. The van der Waals surface area contributed by atoms with Crippen molar-refractivity contribution in [1.82, 2.24) is 0 Å². The fourth-order valence-electron chi connectivity index (χ4n) is 1.15. The van der Waals surface area contributed by atoms with E-state index in [0.717, 1.165) is 6.07 Å². The molecule has 0 saturated heterocycles. The summed E-state index contributed by atoms with van der Waals surface area (Å²) in [6, 6.07) is 2.59. The molecule has 0 fully saturated rings. The van der Waals surface area contributed by atoms with Crippen LogP contribution in [0.5, 0.6) is 0 Å². The molecular weight excluding hydrogens is 229 g/mol. The molecule has 1 nitrogen and oxygen atoms in total. The fraction of sp³-hybridized carbons (Fsp3) is 0.400. The zero-order valence-electron chi connectivity index (χ0n) is 8.24. The molecule has 0 bridgehead atoms. The molecule has 6 heteroatoms. The Bertz CT molecular complexity index is 348. The van der Waals surface area contributed by atoms with Crippen molar-refractivity contribution in [2.75, 3.05) is 18.5 Å². The molecule has 1 N–H and O–H groups in total. The van der Waals surface area contributed by atoms with Crippen molar-refractivity contribution in [2.24, 2.45) is 0 Å². The molecule has 0 atom stereocenters. The van der Waals surface area contributed by atoms with E-state index in [-0.39, 0.29) is 18.7 Å². The van der Waals surface area contributed by atoms with Crippen LogP contribution in [0.1, 0.15) is 12.0 Å². The van der Waals surface area contributed by atoms with Crippen molar-refractivity contribution in [3.05, 3.63) is 29.6 Å². The second kappa shape index (κ2) is 5.14. The van der Waals surface area contributed by atoms with E-state index in [2.05, 4.69) is 5.32 Å². The van der Waals surface area contributed by atoms with Crippen LogP contribution in [0.2, 0.25) is 0 Å². The second-order valence-corrected chi connectivity index (χ2v) is 3.16. The first-order valence-electron chi connectivity index (χ1n) is 4.61. The zero-order chi connectivity index (χ0) is 12.2. The lowest BCUT2D eigenvalue weighted by Crippen LogP contribution is -2.10. The van der Waals surface area contributed by atoms with Gasteiger partial charge in [0.25, 0.3) is 0 Å². The van der Waals surface area contributed by atoms with Crippen LogP contribution in [0.4, 0.5) is 27.6 Å². The third-order valence-corrected chi connectivity index (χ3v) is 1.91. The molecule has 0 saturated carbocycles. The van der Waals surface area contributed by atoms with E-state index in [1.54, 1.807) is 0 Å². The number of alkyl halides is 4. The minimum Gasteiger partial charge on any atom is -0.385 e. The molecule has 0 radical (unpaired) electrons. The Kier molecular flexibility index (Phi) is 4.09. The van der Waals surface area contributed by atoms with Gasteiger partial charge in [0.05, 0.1) is 12.2 Å². The van der Waals surface area contributed by atoms with Gasteiger partial charge in [0, 0.05) is 12.2 Å². The average Bonchev–Trinajstić information content (AvgIpc) is 2.19. The Hall–Kier alpha value is -1.33. The van der Waals surface area contributed by atoms with Crippen molar-refractivity contribution >= 4 is 5.69 Å². The molecule has 0 aliphatic heterocycles. The third-order valence-electron chi connectivity index (χ3n) is 1.91. The first-order chi connectivity index (χ1) is 7.45. The van der Waals surface area contributed by atoms with E-state index in [1.807, 2.05) is 0 Å². The maximum absolute atomic E-state index is 12.8. The van der Waals surface area contributed by atoms with Gasteiger partial charge in [-0.15, -0.1) is 0 Å². The Morgan fingerprint density at radius 3 is 2.44 bits per heavy atom. The lowest BCUT2D eigenvalue weighted by molar-refractivity contribution is -0.139. The predicted molar refractivity (Wildman–Crippen MR) is 50.5 cm³/mol. The van der Waals surface area contributed by atoms with Crippen molar-refractivity contribution in [3.63, 3.8) is 0 Å². The van der Waals surface area contributed by atoms with Crippen LogP contribution in [-0.2, 0) is 6.18 Å². The van der Waals surface area contributed by atoms with Crippen molar-refractivity contribution in [1.29, 1.82) is 0 Å². The van der Waals surface area contributed by atoms with Crippen LogP contribution in [0, 0.1) is 5.82 Å². The molecular formula is C10H10F5N. The highest BCUT2D eigenvalue weighted by molar-refractivity contribution is 5.47. The largest absolute Gasteiger partial charge is 0.419 e. The lowest BCUT2D eigenvalue weighted by Gasteiger charge is -2.11. The van der Waals surface area contributed by atoms with Gasteiger partial charge in [-0.3, -0.25) is 4.39 Å². The van der Waals surface area contributed by atoms with Gasteiger partial charge in [-0.2, -0.15) is 13.2 Å². The van der Waals surface area contributed by atoms with Crippen molar-refractivity contribution < 1.29 is 22.0 Å². The molecule has 0 amide bonds. The molecule has 16 heavy (non-hydrogen) atoms. The van der Waals surface area contributed by atoms with Crippen LogP contribution < -0.4 is 5.32 Å². The molecule has 0 aliphatic carbocycles. The maximum Gasteiger partial charge on any atom is 0.419 e. The van der Waals surface area contributed by atoms with Gasteiger partial charge in [-0.25, -0.2) is 4.39 Å². The molecule has 0 aliphatic rings. The topological polar surface area (TPSA) is 12.0 Å². The summed E-state index contributed by atoms with van der Waals surface area (Å²) in [6.07, 6.45) is -4.53. The summed E-state index contributed by atoms with van der Waals surface area (Å²) in [5, 5.41) is 2.58. The molecule has 1 rings (SSSR count). The molecule has 0 aromatic heterocycles. The van der Waals surface area contributed by atoms with Crippen LogP contribution in [-0.4, -0.2) is 13.2 Å². The van der Waals surface area contributed by atoms with E-state index >= 15 is 0 Å². The second-order valence-electron chi connectivity index (χ2n) is 3.16. The monoisotopic (exact) mass is 239 g/mol. The van der Waals surface area contributed by atoms with Crippen molar-refractivity contribution in [2.45, 2.75) is 12.6 Å². The van der Waals surface area contributed by atoms with Gasteiger partial charge >= 0.3 is 6.18 Å². The summed E-state index contributed by atoms with van der Waals surface area (Å²) in [6.45, 7) is -0.347. The number of hydrogen-bond donors (Lipinski definition) is 1. The standard InChI is InChI=1S/C10H10F5N/c11-4-1-5-16-7-2-3-9(12)8(6-7)10(13,14)15/h2-3,6,16H,1,4-5H2. The van der Waals surface area contributed by atoms with Crippen LogP contribution in [0.3, 0.4) is 0 Å². The Balaban J connectivity index is 2.82. The summed E-state index contributed by atoms with van der Waals surface area (Å²) < 4.78 is 61.5. The average molecular weight is 239 g/mol. The van der Waals surface area contributed by atoms with Crippen LogP contribution in [0.25, 0.3) is 0 Å². The third kappa shape index (κ3) is 3.36. The Morgan fingerprint density at radius 2 is 1.88 bits per heavy atom. The number of halogens is 5. The normalized spacial score (nSPS) is 11.6. The summed E-state index contributed by atoms with van der Waals surface area (Å²) >= 11 is 0. The Morgan fingerprint density at radius 1 is 1.19 bits per heavy atom. The van der Waals surface area contributed by atoms with Crippen LogP contribution >= 0.6 is 0 Å². The van der Waals surface area contributed by atoms with E-state index in [4.69, 9.17) is 0 Å². The quantitative estimate of drug-likeness (QED) is 0.625. The summed E-state index contributed by atoms with van der Waals surface area (Å²) in [7, 11) is 0. The SMILES string of the molecule is FCCCNc1ccc(F)c(C(F)(F)F)c1. The Labute approximate surface area is 89.3 Å². The van der Waals surface area contributed by atoms with E-state index in [0.29, 0.717) is 6.07 Å². The number of hydrogen-bond acceptors (Lipinski definition) is 1. The zero-order valence-corrected chi connectivity index (χ0v) is 8.24. The van der Waals surface area contributed by atoms with E-state index in [9.17, 15) is 22.0 Å². The lowest BCUT2D eigenvalue weighted by atomic mass is 10.2. The highest BCUT2D eigenvalue weighted by atomic mass is 19.4. The molecule has 90 valence electrons. The number of anilines is 1. The first kappa shape index (κ1) is 12.7. The number of benzene rings is 1. The number of nitrogens with one attached hydrogen (secondary N) is 1. The highest BCUT2D eigenvalue weighted by Gasteiger charge is 2.34. The minimum atomic E-state index is -4.72. The van der Waals surface area contributed by atoms with Gasteiger partial charge in [0.2, 0.25) is 0 Å². The predicted octanol–water partition coefficient (Wildman–Crippen LogP) is 3.62. The van der Waals surface area contributed by atoms with Crippen molar-refractivity contribution in [3.8, 4) is 0 Å². The molecule has 0 unspecified atom stereocenters. The minimum absolute atomic E-state index is 0.127. The summed E-state index contributed by atoms with van der Waals surface area (Å²) in [5.74, 6) is -1.32. The molecule has 1 aromatic rings. The van der Waals surface area contributed by atoms with Crippen LogP contribution in [0.15, 0.2) is 18.2 Å². The van der Waals surface area contributed by atoms with Gasteiger partial charge in [0.1, 0.15) is 5.82 Å². The molecule has 1 aromatic carbocycles. The fourth-order valence-corrected chi connectivity index (χ4v) is 1.15. The van der Waals surface area contributed by atoms with Gasteiger partial charge in [0.15, 0.2) is 0 Å². The van der Waals surface area contributed by atoms with E-state index < -0.39 is 24.2 Å². The first-order valence-corrected chi connectivity index (χ1v) is 4.61. The van der Waals surface area contributed by atoms with Gasteiger partial charge < -0.3 is 5.32 Å². The van der Waals surface area contributed by atoms with E-state index in [1.165, 1.54) is 6.07 Å². The van der Waals surface area contributed by atoms with Gasteiger partial charge in [-0.1, -0.05) is 0 Å². The molecule has 0 heterocycles. The molecule has 0 spiro atoms.